The second-order valence-electron chi connectivity index (χ2n) is 11.2. The van der Waals surface area contributed by atoms with Gasteiger partial charge in [0.15, 0.2) is 0 Å². The molecule has 1 aromatic rings. The van der Waals surface area contributed by atoms with Crippen molar-refractivity contribution in [2.45, 2.75) is 103 Å². The van der Waals surface area contributed by atoms with Gasteiger partial charge in [0, 0.05) is 38.3 Å². The highest BCUT2D eigenvalue weighted by molar-refractivity contribution is 5.74. The molecule has 7 nitrogen and oxygen atoms in total. The van der Waals surface area contributed by atoms with Crippen LogP contribution in [0.3, 0.4) is 0 Å². The van der Waals surface area contributed by atoms with Crippen molar-refractivity contribution in [2.75, 3.05) is 26.2 Å². The SMILES string of the molecule is CCCC(CC)C(NC1CC[C@@H](CN2CCC(N(CCC)C(=O)OCc3ccc(F)cc3)CC2)C1)C(=O)O. The van der Waals surface area contributed by atoms with Crippen LogP contribution in [-0.2, 0) is 16.1 Å². The Labute approximate surface area is 228 Å². The lowest BCUT2D eigenvalue weighted by Gasteiger charge is -2.38. The minimum Gasteiger partial charge on any atom is -0.480 e. The minimum atomic E-state index is -0.719. The molecule has 1 amide bonds. The number of rotatable bonds is 14. The van der Waals surface area contributed by atoms with E-state index in [9.17, 15) is 19.1 Å². The second kappa shape index (κ2) is 15.4. The molecule has 0 spiro atoms. The van der Waals surface area contributed by atoms with E-state index in [1.807, 2.05) is 4.90 Å². The van der Waals surface area contributed by atoms with E-state index in [0.29, 0.717) is 12.5 Å². The minimum absolute atomic E-state index is 0.148. The van der Waals surface area contributed by atoms with E-state index in [-0.39, 0.29) is 36.5 Å². The first kappa shape index (κ1) is 30.4. The Morgan fingerprint density at radius 1 is 1.11 bits per heavy atom. The second-order valence-corrected chi connectivity index (χ2v) is 11.2. The molecule has 8 heteroatoms. The number of likely N-dealkylation sites (tertiary alicyclic amines) is 1. The van der Waals surface area contributed by atoms with Crippen LogP contribution in [0.1, 0.15) is 84.1 Å². The van der Waals surface area contributed by atoms with Gasteiger partial charge in [-0.25, -0.2) is 9.18 Å². The first-order valence-electron chi connectivity index (χ1n) is 14.7. The van der Waals surface area contributed by atoms with Crippen molar-refractivity contribution in [1.29, 1.82) is 0 Å². The standard InChI is InChI=1S/C30H48FN3O4/c1-4-7-24(6-3)28(29(35)36)32-26-13-10-23(19-26)20-33-17-14-27(15-18-33)34(16-5-2)30(37)38-21-22-8-11-25(31)12-9-22/h8-9,11-12,23-24,26-28,32H,4-7,10,13-21H2,1-3H3,(H,35,36)/t23-,24?,26?,28?/m1/s1. The molecule has 0 bridgehead atoms. The molecule has 3 rings (SSSR count). The number of carbonyl (C=O) groups excluding carboxylic acids is 1. The Bertz CT molecular complexity index is 860. The van der Waals surface area contributed by atoms with E-state index in [2.05, 4.69) is 31.0 Å². The fourth-order valence-electron chi connectivity index (χ4n) is 6.28. The molecule has 1 saturated carbocycles. The monoisotopic (exact) mass is 533 g/mol. The molecule has 1 aromatic carbocycles. The van der Waals surface area contributed by atoms with Crippen LogP contribution in [0.2, 0.25) is 0 Å². The summed E-state index contributed by atoms with van der Waals surface area (Å²) in [5.41, 5.74) is 0.778. The van der Waals surface area contributed by atoms with Crippen LogP contribution in [0.15, 0.2) is 24.3 Å². The summed E-state index contributed by atoms with van der Waals surface area (Å²) in [5.74, 6) is -0.254. The molecule has 214 valence electrons. The average molecular weight is 534 g/mol. The van der Waals surface area contributed by atoms with Gasteiger partial charge in [0.05, 0.1) is 0 Å². The van der Waals surface area contributed by atoms with Gasteiger partial charge in [0.25, 0.3) is 0 Å². The zero-order valence-electron chi connectivity index (χ0n) is 23.5. The van der Waals surface area contributed by atoms with Crippen LogP contribution >= 0.6 is 0 Å². The smallest absolute Gasteiger partial charge is 0.410 e. The molecule has 2 aliphatic rings. The first-order valence-corrected chi connectivity index (χ1v) is 14.7. The zero-order valence-corrected chi connectivity index (χ0v) is 23.5. The third-order valence-corrected chi connectivity index (χ3v) is 8.37. The van der Waals surface area contributed by atoms with E-state index >= 15 is 0 Å². The van der Waals surface area contributed by atoms with Crippen molar-refractivity contribution in [3.8, 4) is 0 Å². The number of nitrogens with one attached hydrogen (secondary N) is 1. The predicted octanol–water partition coefficient (Wildman–Crippen LogP) is 5.68. The summed E-state index contributed by atoms with van der Waals surface area (Å²) in [7, 11) is 0. The maximum absolute atomic E-state index is 13.1. The van der Waals surface area contributed by atoms with E-state index in [1.165, 1.54) is 12.1 Å². The quantitative estimate of drug-likeness (QED) is 0.320. The Hall–Kier alpha value is -2.19. The summed E-state index contributed by atoms with van der Waals surface area (Å²) in [4.78, 5) is 29.2. The van der Waals surface area contributed by atoms with Gasteiger partial charge < -0.3 is 25.0 Å². The summed E-state index contributed by atoms with van der Waals surface area (Å²) < 4.78 is 18.7. The van der Waals surface area contributed by atoms with Crippen LogP contribution in [0, 0.1) is 17.7 Å². The number of ether oxygens (including phenoxy) is 1. The molecule has 2 N–H and O–H groups in total. The normalized spacial score (nSPS) is 22.2. The number of amides is 1. The number of piperidine rings is 1. The number of carboxylic acids is 1. The highest BCUT2D eigenvalue weighted by Gasteiger charge is 2.34. The Morgan fingerprint density at radius 2 is 1.82 bits per heavy atom. The molecule has 1 aliphatic carbocycles. The van der Waals surface area contributed by atoms with E-state index < -0.39 is 12.0 Å². The van der Waals surface area contributed by atoms with Crippen LogP contribution < -0.4 is 5.32 Å². The number of carbonyl (C=O) groups is 2. The van der Waals surface area contributed by atoms with Crippen molar-refractivity contribution in [1.82, 2.24) is 15.1 Å². The molecule has 1 aliphatic heterocycles. The third kappa shape index (κ3) is 8.94. The lowest BCUT2D eigenvalue weighted by Crippen LogP contribution is -2.49. The highest BCUT2D eigenvalue weighted by Crippen LogP contribution is 2.29. The number of nitrogens with zero attached hydrogens (tertiary/aromatic N) is 2. The molecule has 4 atom stereocenters. The van der Waals surface area contributed by atoms with Crippen LogP contribution in [-0.4, -0.2) is 71.3 Å². The van der Waals surface area contributed by atoms with Crippen molar-refractivity contribution in [3.63, 3.8) is 0 Å². The topological polar surface area (TPSA) is 82.1 Å². The molecular formula is C30H48FN3O4. The highest BCUT2D eigenvalue weighted by atomic mass is 19.1. The van der Waals surface area contributed by atoms with Crippen LogP contribution in [0.5, 0.6) is 0 Å². The maximum Gasteiger partial charge on any atom is 0.410 e. The van der Waals surface area contributed by atoms with E-state index in [4.69, 9.17) is 4.74 Å². The lowest BCUT2D eigenvalue weighted by molar-refractivity contribution is -0.141. The number of hydrogen-bond donors (Lipinski definition) is 2. The van der Waals surface area contributed by atoms with Gasteiger partial charge in [-0.3, -0.25) is 4.79 Å². The molecule has 1 saturated heterocycles. The van der Waals surface area contributed by atoms with Crippen LogP contribution in [0.4, 0.5) is 9.18 Å². The van der Waals surface area contributed by atoms with Crippen LogP contribution in [0.25, 0.3) is 0 Å². The lowest BCUT2D eigenvalue weighted by atomic mass is 9.91. The van der Waals surface area contributed by atoms with Gasteiger partial charge >= 0.3 is 12.1 Å². The third-order valence-electron chi connectivity index (χ3n) is 8.37. The summed E-state index contributed by atoms with van der Waals surface area (Å²) in [6.45, 7) is 10.0. The zero-order chi connectivity index (χ0) is 27.5. The fraction of sp³-hybridized carbons (Fsp3) is 0.733. The van der Waals surface area contributed by atoms with Crippen molar-refractivity contribution in [2.24, 2.45) is 11.8 Å². The van der Waals surface area contributed by atoms with Gasteiger partial charge in [0.1, 0.15) is 18.5 Å². The number of carboxylic acid groups (broad SMARTS) is 1. The molecule has 38 heavy (non-hydrogen) atoms. The summed E-state index contributed by atoms with van der Waals surface area (Å²) in [5, 5.41) is 13.3. The van der Waals surface area contributed by atoms with Crippen molar-refractivity contribution in [3.05, 3.63) is 35.6 Å². The fourth-order valence-corrected chi connectivity index (χ4v) is 6.28. The van der Waals surface area contributed by atoms with E-state index in [0.717, 1.165) is 83.0 Å². The molecule has 0 aromatic heterocycles. The number of benzene rings is 1. The Balaban J connectivity index is 1.43. The molecule has 2 fully saturated rings. The number of halogens is 1. The average Bonchev–Trinajstić information content (AvgIpc) is 3.36. The predicted molar refractivity (Wildman–Crippen MR) is 147 cm³/mol. The van der Waals surface area contributed by atoms with Gasteiger partial charge in [-0.15, -0.1) is 0 Å². The number of aliphatic carboxylic acids is 1. The largest absolute Gasteiger partial charge is 0.480 e. The van der Waals surface area contributed by atoms with Gasteiger partial charge in [-0.1, -0.05) is 45.7 Å². The Morgan fingerprint density at radius 3 is 2.42 bits per heavy atom. The molecule has 3 unspecified atom stereocenters. The number of hydrogen-bond acceptors (Lipinski definition) is 5. The molecule has 1 heterocycles. The summed E-state index contributed by atoms with van der Waals surface area (Å²) in [6, 6.07) is 6.04. The Kier molecular flexibility index (Phi) is 12.3. The summed E-state index contributed by atoms with van der Waals surface area (Å²) in [6.07, 6.45) is 8.48. The van der Waals surface area contributed by atoms with Gasteiger partial charge in [-0.2, -0.15) is 0 Å². The summed E-state index contributed by atoms with van der Waals surface area (Å²) >= 11 is 0. The molecule has 0 radical (unpaired) electrons. The first-order chi connectivity index (χ1) is 18.3. The van der Waals surface area contributed by atoms with Crippen molar-refractivity contribution < 1.29 is 23.8 Å². The van der Waals surface area contributed by atoms with Gasteiger partial charge in [-0.05, 0) is 74.5 Å². The maximum atomic E-state index is 13.1. The van der Waals surface area contributed by atoms with Crippen molar-refractivity contribution >= 4 is 12.1 Å². The molecular weight excluding hydrogens is 485 g/mol. The van der Waals surface area contributed by atoms with E-state index in [1.54, 1.807) is 12.1 Å². The van der Waals surface area contributed by atoms with Gasteiger partial charge in [0.2, 0.25) is 0 Å².